The first-order valence-corrected chi connectivity index (χ1v) is 20.5. The molecule has 2 aliphatic heterocycles. The summed E-state index contributed by atoms with van der Waals surface area (Å²) in [6.45, 7) is 17.3. The number of nitrogens with zero attached hydrogens (tertiary/aromatic N) is 2. The van der Waals surface area contributed by atoms with Crippen molar-refractivity contribution in [3.63, 3.8) is 0 Å². The van der Waals surface area contributed by atoms with E-state index in [1.807, 2.05) is 58.0 Å². The van der Waals surface area contributed by atoms with Crippen LogP contribution in [0, 0.1) is 27.7 Å². The fourth-order valence-electron chi connectivity index (χ4n) is 6.87. The quantitative estimate of drug-likeness (QED) is 0.115. The molecule has 0 saturated carbocycles. The predicted molar refractivity (Wildman–Crippen MR) is 229 cm³/mol. The SMILES string of the molecule is CCN(c1ccc(C(=O)NCc2c(C)cc(C)[nH]c2=O)s1)C1CCOCC1.CCN(c1ccc(C(=O)O)s1)C1CCOCC1.Cc1cc(C)c(CN)c(=O)[nH]1.Cl. The average Bonchev–Trinajstić information content (AvgIpc) is 3.85. The summed E-state index contributed by atoms with van der Waals surface area (Å²) < 4.78 is 10.8. The molecule has 6 heterocycles. The molecule has 2 saturated heterocycles. The summed E-state index contributed by atoms with van der Waals surface area (Å²) in [7, 11) is 0. The third kappa shape index (κ3) is 12.8. The number of hydrogen-bond donors (Lipinski definition) is 5. The lowest BCUT2D eigenvalue weighted by atomic mass is 10.1. The summed E-state index contributed by atoms with van der Waals surface area (Å²) in [4.78, 5) is 57.9. The molecule has 0 atom stereocenters. The highest BCUT2D eigenvalue weighted by Gasteiger charge is 2.24. The highest BCUT2D eigenvalue weighted by molar-refractivity contribution is 7.18. The van der Waals surface area contributed by atoms with Crippen molar-refractivity contribution in [1.82, 2.24) is 15.3 Å². The first-order chi connectivity index (χ1) is 26.4. The summed E-state index contributed by atoms with van der Waals surface area (Å²) in [5.74, 6) is -0.988. The maximum Gasteiger partial charge on any atom is 0.345 e. The average molecular weight is 834 g/mol. The largest absolute Gasteiger partial charge is 0.477 e. The first-order valence-electron chi connectivity index (χ1n) is 18.8. The number of carbonyl (C=O) groups excluding carboxylic acids is 1. The number of nitrogens with two attached hydrogens (primary N) is 1. The first kappa shape index (κ1) is 46.4. The lowest BCUT2D eigenvalue weighted by molar-refractivity contribution is 0.0701. The van der Waals surface area contributed by atoms with Crippen molar-refractivity contribution in [2.24, 2.45) is 5.73 Å². The van der Waals surface area contributed by atoms with E-state index in [9.17, 15) is 19.2 Å². The minimum atomic E-state index is -0.843. The highest BCUT2D eigenvalue weighted by Crippen LogP contribution is 2.31. The van der Waals surface area contributed by atoms with Gasteiger partial charge in [0.1, 0.15) is 4.88 Å². The molecule has 308 valence electrons. The van der Waals surface area contributed by atoms with E-state index in [4.69, 9.17) is 20.3 Å². The Morgan fingerprint density at radius 1 is 0.768 bits per heavy atom. The number of halogens is 1. The summed E-state index contributed by atoms with van der Waals surface area (Å²) in [5.41, 5.74) is 10.0. The molecular formula is C40H57ClN6O7S2. The highest BCUT2D eigenvalue weighted by atomic mass is 35.5. The van der Waals surface area contributed by atoms with Crippen LogP contribution in [-0.2, 0) is 22.6 Å². The Bertz CT molecular complexity index is 1980. The van der Waals surface area contributed by atoms with E-state index in [1.165, 1.54) is 22.7 Å². The molecule has 2 fully saturated rings. The summed E-state index contributed by atoms with van der Waals surface area (Å²) in [6.07, 6.45) is 4.08. The van der Waals surface area contributed by atoms with Gasteiger partial charge in [-0.05, 0) is 115 Å². The molecule has 16 heteroatoms. The molecule has 13 nitrogen and oxygen atoms in total. The van der Waals surface area contributed by atoms with E-state index in [0.29, 0.717) is 39.5 Å². The van der Waals surface area contributed by atoms with Crippen LogP contribution in [0.1, 0.15) is 92.5 Å². The third-order valence-corrected chi connectivity index (χ3v) is 12.0. The second-order valence-corrected chi connectivity index (χ2v) is 15.7. The number of rotatable bonds is 11. The molecular weight excluding hydrogens is 776 g/mol. The molecule has 0 bridgehead atoms. The number of aryl methyl sites for hydroxylation is 4. The van der Waals surface area contributed by atoms with Crippen LogP contribution in [-0.4, -0.2) is 78.6 Å². The Kier molecular flexibility index (Phi) is 18.8. The fraction of sp³-hybridized carbons (Fsp3) is 0.500. The van der Waals surface area contributed by atoms with Crippen LogP contribution >= 0.6 is 35.1 Å². The van der Waals surface area contributed by atoms with Crippen molar-refractivity contribution in [2.75, 3.05) is 49.3 Å². The number of carboxylic acid groups (broad SMARTS) is 1. The smallest absolute Gasteiger partial charge is 0.345 e. The molecule has 6 N–H and O–H groups in total. The lowest BCUT2D eigenvalue weighted by Gasteiger charge is -2.34. The van der Waals surface area contributed by atoms with Gasteiger partial charge in [0.25, 0.3) is 17.0 Å². The number of H-pyrrole nitrogens is 2. The monoisotopic (exact) mass is 832 g/mol. The number of aromatic carboxylic acids is 1. The minimum Gasteiger partial charge on any atom is -0.477 e. The van der Waals surface area contributed by atoms with Crippen molar-refractivity contribution in [3.8, 4) is 0 Å². The Morgan fingerprint density at radius 2 is 1.20 bits per heavy atom. The van der Waals surface area contributed by atoms with Gasteiger partial charge in [0.15, 0.2) is 0 Å². The van der Waals surface area contributed by atoms with Gasteiger partial charge in [-0.2, -0.15) is 0 Å². The normalized spacial score (nSPS) is 14.3. The van der Waals surface area contributed by atoms with Crippen LogP contribution in [0.5, 0.6) is 0 Å². The molecule has 0 aliphatic carbocycles. The van der Waals surface area contributed by atoms with E-state index in [0.717, 1.165) is 97.7 Å². The van der Waals surface area contributed by atoms with Crippen LogP contribution in [0.25, 0.3) is 0 Å². The molecule has 4 aromatic rings. The van der Waals surface area contributed by atoms with Gasteiger partial charge in [0, 0.05) is 87.2 Å². The van der Waals surface area contributed by atoms with Crippen molar-refractivity contribution >= 4 is 57.0 Å². The zero-order valence-electron chi connectivity index (χ0n) is 33.2. The molecule has 0 radical (unpaired) electrons. The second-order valence-electron chi connectivity index (χ2n) is 13.6. The molecule has 2 aliphatic rings. The summed E-state index contributed by atoms with van der Waals surface area (Å²) >= 11 is 2.85. The minimum absolute atomic E-state index is 0. The number of anilines is 2. The van der Waals surface area contributed by atoms with Gasteiger partial charge >= 0.3 is 5.97 Å². The number of carbonyl (C=O) groups is 2. The molecule has 1 amide bonds. The van der Waals surface area contributed by atoms with Crippen molar-refractivity contribution in [1.29, 1.82) is 0 Å². The number of aromatic nitrogens is 2. The third-order valence-electron chi connectivity index (χ3n) is 9.75. The maximum absolute atomic E-state index is 12.6. The number of pyridine rings is 2. The van der Waals surface area contributed by atoms with Crippen molar-refractivity contribution < 1.29 is 24.2 Å². The number of amides is 1. The van der Waals surface area contributed by atoms with Gasteiger partial charge in [-0.1, -0.05) is 0 Å². The Morgan fingerprint density at radius 3 is 1.59 bits per heavy atom. The van der Waals surface area contributed by atoms with Crippen LogP contribution in [0.4, 0.5) is 10.0 Å². The number of nitrogens with one attached hydrogen (secondary N) is 3. The Balaban J connectivity index is 0.000000247. The molecule has 56 heavy (non-hydrogen) atoms. The number of aromatic amines is 2. The van der Waals surface area contributed by atoms with Crippen LogP contribution in [0.2, 0.25) is 0 Å². The van der Waals surface area contributed by atoms with E-state index in [2.05, 4.69) is 38.9 Å². The summed E-state index contributed by atoms with van der Waals surface area (Å²) in [5, 5.41) is 14.0. The van der Waals surface area contributed by atoms with Crippen molar-refractivity contribution in [3.05, 3.63) is 101 Å². The molecule has 0 spiro atoms. The molecule has 6 rings (SSSR count). The lowest BCUT2D eigenvalue weighted by Crippen LogP contribution is -2.39. The van der Waals surface area contributed by atoms with E-state index < -0.39 is 5.97 Å². The van der Waals surface area contributed by atoms with Crippen LogP contribution < -0.4 is 32.0 Å². The van der Waals surface area contributed by atoms with Gasteiger partial charge < -0.3 is 45.4 Å². The Labute approximate surface area is 343 Å². The van der Waals surface area contributed by atoms with Gasteiger partial charge in [0.05, 0.1) is 14.9 Å². The van der Waals surface area contributed by atoms with E-state index >= 15 is 0 Å². The molecule has 0 unspecified atom stereocenters. The number of hydrogen-bond acceptors (Lipinski definition) is 11. The van der Waals surface area contributed by atoms with E-state index in [1.54, 1.807) is 6.07 Å². The number of carboxylic acids is 1. The standard InChI is InChI=1S/C20H27N3O3S.C12H17NO3S.C8H12N2O.ClH/c1-4-23(15-7-9-26-10-8-15)18-6-5-17(27-18)20(25)21-12-16-13(2)11-14(3)22-19(16)24;1-2-13(9-5-7-16-8-6-9)11-4-3-10(17-11)12(14)15;1-5-3-6(2)10-8(11)7(5)4-9;/h5-6,11,15H,4,7-10,12H2,1-3H3,(H,21,25)(H,22,24);3-4,9H,2,5-8H2,1H3,(H,14,15);3H,4,9H2,1-2H3,(H,10,11);1H. The Hall–Kier alpha value is -3.99. The van der Waals surface area contributed by atoms with Crippen LogP contribution in [0.15, 0.2) is 46.0 Å². The van der Waals surface area contributed by atoms with Crippen molar-refractivity contribution in [2.45, 2.75) is 92.4 Å². The summed E-state index contributed by atoms with van der Waals surface area (Å²) in [6, 6.07) is 12.3. The van der Waals surface area contributed by atoms with Gasteiger partial charge in [-0.25, -0.2) is 4.79 Å². The number of ether oxygens (including phenoxy) is 2. The topological polar surface area (TPSA) is 183 Å². The molecule has 0 aromatic carbocycles. The van der Waals surface area contributed by atoms with E-state index in [-0.39, 0.29) is 36.0 Å². The zero-order chi connectivity index (χ0) is 40.1. The van der Waals surface area contributed by atoms with Gasteiger partial charge in [-0.15, -0.1) is 35.1 Å². The van der Waals surface area contributed by atoms with Crippen LogP contribution in [0.3, 0.4) is 0 Å². The van der Waals surface area contributed by atoms with Gasteiger partial charge in [0.2, 0.25) is 0 Å². The maximum atomic E-state index is 12.6. The zero-order valence-corrected chi connectivity index (χ0v) is 35.6. The number of thiophene rings is 2. The fourth-order valence-corrected chi connectivity index (χ4v) is 8.91. The molecule has 4 aromatic heterocycles. The second kappa shape index (κ2) is 22.7. The van der Waals surface area contributed by atoms with Gasteiger partial charge in [-0.3, -0.25) is 14.4 Å². The predicted octanol–water partition coefficient (Wildman–Crippen LogP) is 6.31.